The minimum atomic E-state index is 0.203. The Kier molecular flexibility index (Phi) is 4.51. The third-order valence-electron chi connectivity index (χ3n) is 2.92. The molecular weight excluding hydrogens is 222 g/mol. The van der Waals surface area contributed by atoms with Crippen LogP contribution in [0.2, 0.25) is 0 Å². The maximum atomic E-state index is 5.21. The Bertz CT molecular complexity index is 464. The van der Waals surface area contributed by atoms with Gasteiger partial charge in [0.05, 0.1) is 12.6 Å². The van der Waals surface area contributed by atoms with Crippen LogP contribution in [-0.2, 0) is 4.84 Å². The number of hydrogen-bond acceptors (Lipinski definition) is 2. The normalized spacial score (nSPS) is 12.3. The zero-order valence-electron chi connectivity index (χ0n) is 10.9. The van der Waals surface area contributed by atoms with Gasteiger partial charge in [-0.3, -0.25) is 0 Å². The first-order chi connectivity index (χ1) is 8.81. The molecule has 0 saturated carbocycles. The first-order valence-corrected chi connectivity index (χ1v) is 6.34. The van der Waals surface area contributed by atoms with E-state index in [1.165, 1.54) is 16.7 Å². The molecule has 0 aliphatic rings. The van der Waals surface area contributed by atoms with Gasteiger partial charge in [-0.1, -0.05) is 54.6 Å². The van der Waals surface area contributed by atoms with E-state index in [9.17, 15) is 0 Å². The van der Waals surface area contributed by atoms with Crippen LogP contribution in [0, 0.1) is 0 Å². The zero-order chi connectivity index (χ0) is 12.8. The van der Waals surface area contributed by atoms with Crippen molar-refractivity contribution in [2.75, 3.05) is 6.61 Å². The van der Waals surface area contributed by atoms with Crippen LogP contribution in [-0.4, -0.2) is 6.61 Å². The van der Waals surface area contributed by atoms with E-state index in [-0.39, 0.29) is 6.04 Å². The van der Waals surface area contributed by atoms with Crippen LogP contribution in [0.5, 0.6) is 0 Å². The smallest absolute Gasteiger partial charge is 0.0654 e. The molecule has 0 aromatic heterocycles. The molecular formula is C16H19NO. The minimum absolute atomic E-state index is 0.203. The van der Waals surface area contributed by atoms with Gasteiger partial charge in [0.15, 0.2) is 0 Å². The van der Waals surface area contributed by atoms with E-state index >= 15 is 0 Å². The van der Waals surface area contributed by atoms with Gasteiger partial charge in [0.1, 0.15) is 0 Å². The van der Waals surface area contributed by atoms with Gasteiger partial charge >= 0.3 is 0 Å². The van der Waals surface area contributed by atoms with Gasteiger partial charge in [-0.25, -0.2) is 0 Å². The van der Waals surface area contributed by atoms with Crippen molar-refractivity contribution in [1.82, 2.24) is 5.48 Å². The topological polar surface area (TPSA) is 21.3 Å². The Labute approximate surface area is 109 Å². The Morgan fingerprint density at radius 1 is 0.944 bits per heavy atom. The van der Waals surface area contributed by atoms with Crippen LogP contribution >= 0.6 is 0 Å². The molecule has 2 heteroatoms. The van der Waals surface area contributed by atoms with Gasteiger partial charge in [-0.05, 0) is 30.5 Å². The predicted molar refractivity (Wildman–Crippen MR) is 75.1 cm³/mol. The fraction of sp³-hybridized carbons (Fsp3) is 0.250. The van der Waals surface area contributed by atoms with E-state index in [2.05, 4.69) is 60.9 Å². The summed E-state index contributed by atoms with van der Waals surface area (Å²) in [7, 11) is 0. The second kappa shape index (κ2) is 6.34. The van der Waals surface area contributed by atoms with E-state index < -0.39 is 0 Å². The Morgan fingerprint density at radius 3 is 2.17 bits per heavy atom. The SMILES string of the molecule is CCON[C@@H](C)c1ccc(-c2ccccc2)cc1. The van der Waals surface area contributed by atoms with Crippen molar-refractivity contribution in [3.63, 3.8) is 0 Å². The summed E-state index contributed by atoms with van der Waals surface area (Å²) in [6, 6.07) is 19.2. The summed E-state index contributed by atoms with van der Waals surface area (Å²) in [4.78, 5) is 5.21. The van der Waals surface area contributed by atoms with Gasteiger partial charge < -0.3 is 4.84 Å². The highest BCUT2D eigenvalue weighted by molar-refractivity contribution is 5.63. The lowest BCUT2D eigenvalue weighted by Gasteiger charge is -2.13. The Balaban J connectivity index is 2.10. The van der Waals surface area contributed by atoms with Crippen molar-refractivity contribution in [3.05, 3.63) is 60.2 Å². The molecule has 0 unspecified atom stereocenters. The summed E-state index contributed by atoms with van der Waals surface area (Å²) in [5.74, 6) is 0. The summed E-state index contributed by atoms with van der Waals surface area (Å²) in [5, 5.41) is 0. The number of nitrogens with one attached hydrogen (secondary N) is 1. The predicted octanol–water partition coefficient (Wildman–Crippen LogP) is 3.96. The van der Waals surface area contributed by atoms with Crippen molar-refractivity contribution < 1.29 is 4.84 Å². The van der Waals surface area contributed by atoms with Gasteiger partial charge in [0, 0.05) is 0 Å². The minimum Gasteiger partial charge on any atom is -0.302 e. The number of hydroxylamine groups is 1. The average Bonchev–Trinajstić information content (AvgIpc) is 2.46. The molecule has 0 aliphatic heterocycles. The van der Waals surface area contributed by atoms with Crippen molar-refractivity contribution in [3.8, 4) is 11.1 Å². The molecule has 1 atom stereocenters. The van der Waals surface area contributed by atoms with Crippen LogP contribution < -0.4 is 5.48 Å². The second-order valence-electron chi connectivity index (χ2n) is 4.26. The maximum absolute atomic E-state index is 5.21. The molecule has 18 heavy (non-hydrogen) atoms. The summed E-state index contributed by atoms with van der Waals surface area (Å²) in [6.07, 6.45) is 0. The highest BCUT2D eigenvalue weighted by Gasteiger charge is 2.04. The standard InChI is InChI=1S/C16H19NO/c1-3-18-17-13(2)14-9-11-16(12-10-14)15-7-5-4-6-8-15/h4-13,17H,3H2,1-2H3/t13-/m0/s1. The highest BCUT2D eigenvalue weighted by Crippen LogP contribution is 2.21. The molecule has 2 rings (SSSR count). The van der Waals surface area contributed by atoms with Crippen molar-refractivity contribution in [2.45, 2.75) is 19.9 Å². The van der Waals surface area contributed by atoms with Crippen LogP contribution in [0.25, 0.3) is 11.1 Å². The Morgan fingerprint density at radius 2 is 1.56 bits per heavy atom. The second-order valence-corrected chi connectivity index (χ2v) is 4.26. The van der Waals surface area contributed by atoms with Gasteiger partial charge in [0.2, 0.25) is 0 Å². The molecule has 0 spiro atoms. The summed E-state index contributed by atoms with van der Waals surface area (Å²) in [6.45, 7) is 4.73. The van der Waals surface area contributed by atoms with Gasteiger partial charge in [-0.15, -0.1) is 0 Å². The van der Waals surface area contributed by atoms with Crippen molar-refractivity contribution >= 4 is 0 Å². The molecule has 0 aliphatic carbocycles. The first-order valence-electron chi connectivity index (χ1n) is 6.34. The molecule has 0 heterocycles. The lowest BCUT2D eigenvalue weighted by molar-refractivity contribution is 0.0285. The molecule has 94 valence electrons. The molecule has 2 aromatic rings. The average molecular weight is 241 g/mol. The van der Waals surface area contributed by atoms with Crippen LogP contribution in [0.15, 0.2) is 54.6 Å². The van der Waals surface area contributed by atoms with Crippen LogP contribution in [0.3, 0.4) is 0 Å². The van der Waals surface area contributed by atoms with Crippen molar-refractivity contribution in [2.24, 2.45) is 0 Å². The maximum Gasteiger partial charge on any atom is 0.0654 e. The molecule has 2 nitrogen and oxygen atoms in total. The number of rotatable bonds is 5. The Hall–Kier alpha value is -1.64. The summed E-state index contributed by atoms with van der Waals surface area (Å²) >= 11 is 0. The fourth-order valence-corrected chi connectivity index (χ4v) is 1.87. The lowest BCUT2D eigenvalue weighted by Crippen LogP contribution is -2.18. The number of hydrogen-bond donors (Lipinski definition) is 1. The molecule has 0 bridgehead atoms. The molecule has 2 aromatic carbocycles. The van der Waals surface area contributed by atoms with Crippen LogP contribution in [0.4, 0.5) is 0 Å². The fourth-order valence-electron chi connectivity index (χ4n) is 1.87. The van der Waals surface area contributed by atoms with E-state index in [4.69, 9.17) is 4.84 Å². The first kappa shape index (κ1) is 12.8. The third-order valence-corrected chi connectivity index (χ3v) is 2.92. The van der Waals surface area contributed by atoms with E-state index in [1.807, 2.05) is 13.0 Å². The van der Waals surface area contributed by atoms with Crippen LogP contribution in [0.1, 0.15) is 25.5 Å². The van der Waals surface area contributed by atoms with Crippen molar-refractivity contribution in [1.29, 1.82) is 0 Å². The monoisotopic (exact) mass is 241 g/mol. The molecule has 1 N–H and O–H groups in total. The lowest BCUT2D eigenvalue weighted by atomic mass is 10.0. The number of benzene rings is 2. The summed E-state index contributed by atoms with van der Waals surface area (Å²) in [5.41, 5.74) is 6.72. The quantitative estimate of drug-likeness (QED) is 0.800. The highest BCUT2D eigenvalue weighted by atomic mass is 16.6. The molecule has 0 amide bonds. The largest absolute Gasteiger partial charge is 0.302 e. The van der Waals surface area contributed by atoms with E-state index in [0.29, 0.717) is 6.61 Å². The third kappa shape index (κ3) is 3.19. The molecule has 0 saturated heterocycles. The summed E-state index contributed by atoms with van der Waals surface area (Å²) < 4.78 is 0. The van der Waals surface area contributed by atoms with E-state index in [1.54, 1.807) is 0 Å². The zero-order valence-corrected chi connectivity index (χ0v) is 10.9. The molecule has 0 fully saturated rings. The van der Waals surface area contributed by atoms with Gasteiger partial charge in [0.25, 0.3) is 0 Å². The van der Waals surface area contributed by atoms with Gasteiger partial charge in [-0.2, -0.15) is 5.48 Å². The molecule has 0 radical (unpaired) electrons. The van der Waals surface area contributed by atoms with E-state index in [0.717, 1.165) is 0 Å².